The lowest BCUT2D eigenvalue weighted by Crippen LogP contribution is -2.15. The van der Waals surface area contributed by atoms with Crippen LogP contribution in [0.1, 0.15) is 22.4 Å². The van der Waals surface area contributed by atoms with E-state index in [0.717, 1.165) is 16.7 Å². The molecule has 98 valence electrons. The smallest absolute Gasteiger partial charge is 0.274 e. The van der Waals surface area contributed by atoms with Gasteiger partial charge in [0.15, 0.2) is 0 Å². The van der Waals surface area contributed by atoms with Gasteiger partial charge in [-0.15, -0.1) is 10.2 Å². The molecule has 1 aromatic heterocycles. The van der Waals surface area contributed by atoms with Gasteiger partial charge < -0.3 is 0 Å². The number of aromatic nitrogens is 3. The second-order valence-electron chi connectivity index (χ2n) is 4.32. The molecule has 2 aromatic rings. The highest BCUT2D eigenvalue weighted by atomic mass is 16.1. The van der Waals surface area contributed by atoms with Gasteiger partial charge in [-0.3, -0.25) is 9.78 Å². The van der Waals surface area contributed by atoms with E-state index in [1.165, 1.54) is 0 Å². The Kier molecular flexibility index (Phi) is 3.70. The zero-order valence-corrected chi connectivity index (χ0v) is 11.1. The number of nitrogens with one attached hydrogen (secondary N) is 2. The van der Waals surface area contributed by atoms with Crippen molar-refractivity contribution in [2.45, 2.75) is 20.8 Å². The van der Waals surface area contributed by atoms with Crippen LogP contribution in [0.15, 0.2) is 28.1 Å². The molecule has 0 atom stereocenters. The summed E-state index contributed by atoms with van der Waals surface area (Å²) in [6.45, 7) is 5.62. The Balaban J connectivity index is 2.13. The van der Waals surface area contributed by atoms with Crippen LogP contribution in [0.4, 0.5) is 5.95 Å². The summed E-state index contributed by atoms with van der Waals surface area (Å²) >= 11 is 0. The number of anilines is 1. The van der Waals surface area contributed by atoms with Gasteiger partial charge in [0.05, 0.1) is 6.21 Å². The first kappa shape index (κ1) is 12.9. The largest absolute Gasteiger partial charge is 0.288 e. The molecule has 6 nitrogen and oxygen atoms in total. The second kappa shape index (κ2) is 5.43. The van der Waals surface area contributed by atoms with Gasteiger partial charge in [-0.1, -0.05) is 23.8 Å². The van der Waals surface area contributed by atoms with Crippen LogP contribution in [-0.2, 0) is 0 Å². The van der Waals surface area contributed by atoms with Crippen molar-refractivity contribution < 1.29 is 0 Å². The number of rotatable bonds is 3. The van der Waals surface area contributed by atoms with Crippen LogP contribution in [0.2, 0.25) is 0 Å². The Labute approximate surface area is 110 Å². The fourth-order valence-electron chi connectivity index (χ4n) is 1.51. The zero-order chi connectivity index (χ0) is 13.8. The lowest BCUT2D eigenvalue weighted by atomic mass is 10.1. The molecule has 2 N–H and O–H groups in total. The van der Waals surface area contributed by atoms with Crippen LogP contribution in [0.3, 0.4) is 0 Å². The minimum Gasteiger partial charge on any atom is -0.288 e. The van der Waals surface area contributed by atoms with Crippen LogP contribution in [0, 0.1) is 20.8 Å². The molecule has 0 radical (unpaired) electrons. The predicted octanol–water partition coefficient (Wildman–Crippen LogP) is 1.54. The fraction of sp³-hybridized carbons (Fsp3) is 0.231. The van der Waals surface area contributed by atoms with E-state index in [9.17, 15) is 4.79 Å². The van der Waals surface area contributed by atoms with Crippen LogP contribution in [-0.4, -0.2) is 21.4 Å². The minimum absolute atomic E-state index is 0.220. The number of hydrogen-bond donors (Lipinski definition) is 2. The minimum atomic E-state index is -0.278. The summed E-state index contributed by atoms with van der Waals surface area (Å²) in [6.07, 6.45) is 1.68. The van der Waals surface area contributed by atoms with Gasteiger partial charge in [0.1, 0.15) is 5.69 Å². The third kappa shape index (κ3) is 3.25. The summed E-state index contributed by atoms with van der Waals surface area (Å²) in [4.78, 5) is 13.9. The molecule has 0 fully saturated rings. The summed E-state index contributed by atoms with van der Waals surface area (Å²) in [5, 5.41) is 11.5. The van der Waals surface area contributed by atoms with Gasteiger partial charge in [-0.05, 0) is 31.9 Å². The molecule has 1 heterocycles. The maximum absolute atomic E-state index is 11.3. The zero-order valence-electron chi connectivity index (χ0n) is 11.1. The van der Waals surface area contributed by atoms with E-state index in [1.807, 2.05) is 32.0 Å². The number of benzene rings is 1. The molecular formula is C13H15N5O. The fourth-order valence-corrected chi connectivity index (χ4v) is 1.51. The standard InChI is InChI=1S/C13H15N5O/c1-8-4-5-9(2)11(6-8)7-14-17-13-15-12(19)10(3)16-18-13/h4-7H,1-3H3,(H2,15,17,18,19)/b14-7-. The molecule has 0 aliphatic rings. The van der Waals surface area contributed by atoms with Crippen molar-refractivity contribution in [3.05, 3.63) is 50.9 Å². The van der Waals surface area contributed by atoms with Crippen molar-refractivity contribution in [2.75, 3.05) is 5.43 Å². The Bertz CT molecular complexity index is 675. The molecular weight excluding hydrogens is 242 g/mol. The van der Waals surface area contributed by atoms with Crippen molar-refractivity contribution in [1.29, 1.82) is 0 Å². The highest BCUT2D eigenvalue weighted by Crippen LogP contribution is 2.08. The summed E-state index contributed by atoms with van der Waals surface area (Å²) < 4.78 is 0. The summed E-state index contributed by atoms with van der Waals surface area (Å²) in [5.74, 6) is 0.220. The van der Waals surface area contributed by atoms with E-state index < -0.39 is 0 Å². The maximum Gasteiger partial charge on any atom is 0.274 e. The molecule has 6 heteroatoms. The first-order valence-electron chi connectivity index (χ1n) is 5.86. The molecule has 0 bridgehead atoms. The Morgan fingerprint density at radius 3 is 2.79 bits per heavy atom. The number of nitrogens with zero attached hydrogens (tertiary/aromatic N) is 3. The van der Waals surface area contributed by atoms with Crippen LogP contribution in [0.5, 0.6) is 0 Å². The lowest BCUT2D eigenvalue weighted by Gasteiger charge is -2.02. The van der Waals surface area contributed by atoms with Crippen LogP contribution >= 0.6 is 0 Å². The van der Waals surface area contributed by atoms with Crippen molar-refractivity contribution >= 4 is 12.2 Å². The van der Waals surface area contributed by atoms with Gasteiger partial charge >= 0.3 is 0 Å². The molecule has 0 aliphatic carbocycles. The maximum atomic E-state index is 11.3. The Morgan fingerprint density at radius 1 is 1.26 bits per heavy atom. The van der Waals surface area contributed by atoms with Gasteiger partial charge in [0.2, 0.25) is 5.95 Å². The van der Waals surface area contributed by atoms with Crippen LogP contribution in [0.25, 0.3) is 0 Å². The molecule has 0 saturated heterocycles. The van der Waals surface area contributed by atoms with E-state index in [4.69, 9.17) is 0 Å². The van der Waals surface area contributed by atoms with E-state index in [0.29, 0.717) is 5.69 Å². The average molecular weight is 257 g/mol. The van der Waals surface area contributed by atoms with Crippen molar-refractivity contribution in [3.63, 3.8) is 0 Å². The monoisotopic (exact) mass is 257 g/mol. The highest BCUT2D eigenvalue weighted by molar-refractivity contribution is 5.82. The molecule has 0 saturated carbocycles. The summed E-state index contributed by atoms with van der Waals surface area (Å²) in [7, 11) is 0. The number of aryl methyl sites for hydroxylation is 3. The summed E-state index contributed by atoms with van der Waals surface area (Å²) in [6, 6.07) is 6.11. The Morgan fingerprint density at radius 2 is 2.05 bits per heavy atom. The third-order valence-corrected chi connectivity index (χ3v) is 2.67. The normalized spacial score (nSPS) is 10.9. The molecule has 2 rings (SSSR count). The van der Waals surface area contributed by atoms with Gasteiger partial charge in [0, 0.05) is 0 Å². The lowest BCUT2D eigenvalue weighted by molar-refractivity contribution is 0.897. The van der Waals surface area contributed by atoms with Gasteiger partial charge in [-0.2, -0.15) is 5.10 Å². The van der Waals surface area contributed by atoms with Crippen LogP contribution < -0.4 is 11.0 Å². The first-order chi connectivity index (χ1) is 9.06. The SMILES string of the molecule is Cc1ccc(C)c(/C=N\Nc2nnc(C)c(=O)[nH]2)c1. The van der Waals surface area contributed by atoms with E-state index in [1.54, 1.807) is 13.1 Å². The van der Waals surface area contributed by atoms with Crippen molar-refractivity contribution in [3.8, 4) is 0 Å². The summed E-state index contributed by atoms with van der Waals surface area (Å²) in [5.41, 5.74) is 5.99. The highest BCUT2D eigenvalue weighted by Gasteiger charge is 1.98. The number of aromatic amines is 1. The molecule has 0 spiro atoms. The first-order valence-corrected chi connectivity index (χ1v) is 5.86. The Hall–Kier alpha value is -2.50. The topological polar surface area (TPSA) is 83.0 Å². The van der Waals surface area contributed by atoms with Crippen molar-refractivity contribution in [1.82, 2.24) is 15.2 Å². The van der Waals surface area contributed by atoms with Crippen molar-refractivity contribution in [2.24, 2.45) is 5.10 Å². The molecule has 0 aliphatic heterocycles. The average Bonchev–Trinajstić information content (AvgIpc) is 2.38. The van der Waals surface area contributed by atoms with Gasteiger partial charge in [-0.25, -0.2) is 5.43 Å². The second-order valence-corrected chi connectivity index (χ2v) is 4.32. The van der Waals surface area contributed by atoms with Gasteiger partial charge in [0.25, 0.3) is 5.56 Å². The number of hydrazone groups is 1. The number of H-pyrrole nitrogens is 1. The van der Waals surface area contributed by atoms with E-state index in [-0.39, 0.29) is 11.5 Å². The number of hydrogen-bond acceptors (Lipinski definition) is 5. The van der Waals surface area contributed by atoms with E-state index >= 15 is 0 Å². The molecule has 0 amide bonds. The molecule has 0 unspecified atom stereocenters. The third-order valence-electron chi connectivity index (χ3n) is 2.67. The molecule has 1 aromatic carbocycles. The quantitative estimate of drug-likeness (QED) is 0.645. The predicted molar refractivity (Wildman–Crippen MR) is 74.5 cm³/mol. The van der Waals surface area contributed by atoms with E-state index in [2.05, 4.69) is 25.7 Å². The molecule has 19 heavy (non-hydrogen) atoms.